The van der Waals surface area contributed by atoms with Gasteiger partial charge in [0.1, 0.15) is 0 Å². The van der Waals surface area contributed by atoms with Crippen molar-refractivity contribution in [3.8, 4) is 0 Å². The van der Waals surface area contributed by atoms with Gasteiger partial charge in [0.15, 0.2) is 0 Å². The van der Waals surface area contributed by atoms with Gasteiger partial charge in [0.2, 0.25) is 5.91 Å². The minimum Gasteiger partial charge on any atom is -0.340 e. The van der Waals surface area contributed by atoms with Crippen LogP contribution in [-0.4, -0.2) is 80.5 Å². The van der Waals surface area contributed by atoms with Crippen LogP contribution in [0.4, 0.5) is 0 Å². The zero-order valence-electron chi connectivity index (χ0n) is 12.9. The minimum absolute atomic E-state index is 0.0201. The molecule has 0 spiro atoms. The fourth-order valence-electron chi connectivity index (χ4n) is 2.43. The highest BCUT2D eigenvalue weighted by Gasteiger charge is 2.28. The molecular weight excluding hydrogens is 240 g/mol. The first-order valence-electron chi connectivity index (χ1n) is 7.31. The Kier molecular flexibility index (Phi) is 6.75. The normalized spacial score (nSPS) is 19.2. The monoisotopic (exact) mass is 270 g/mol. The lowest BCUT2D eigenvalue weighted by Gasteiger charge is -2.37. The number of nitrogens with zero attached hydrogens (tertiary/aromatic N) is 3. The van der Waals surface area contributed by atoms with Crippen LogP contribution in [0.3, 0.4) is 0 Å². The third-order valence-corrected chi connectivity index (χ3v) is 3.92. The highest BCUT2D eigenvalue weighted by Crippen LogP contribution is 2.14. The molecule has 0 radical (unpaired) electrons. The summed E-state index contributed by atoms with van der Waals surface area (Å²) >= 11 is 0. The number of rotatable bonds is 6. The predicted molar refractivity (Wildman–Crippen MR) is 79.0 cm³/mol. The number of carbonyl (C=O) groups is 1. The number of amides is 1. The maximum atomic E-state index is 12.4. The zero-order chi connectivity index (χ0) is 14.4. The van der Waals surface area contributed by atoms with Crippen LogP contribution in [0, 0.1) is 11.8 Å². The maximum Gasteiger partial charge on any atom is 0.227 e. The van der Waals surface area contributed by atoms with E-state index in [2.05, 4.69) is 37.7 Å². The van der Waals surface area contributed by atoms with E-state index in [0.717, 1.165) is 39.3 Å². The van der Waals surface area contributed by atoms with Crippen molar-refractivity contribution in [2.75, 3.05) is 59.9 Å². The molecule has 1 amide bonds. The molecule has 1 rings (SSSR count). The van der Waals surface area contributed by atoms with Crippen LogP contribution in [-0.2, 0) is 4.79 Å². The third kappa shape index (κ3) is 5.09. The summed E-state index contributed by atoms with van der Waals surface area (Å²) in [7, 11) is 4.18. The van der Waals surface area contributed by atoms with Crippen molar-refractivity contribution in [2.45, 2.75) is 13.8 Å². The van der Waals surface area contributed by atoms with Crippen LogP contribution in [0.25, 0.3) is 0 Å². The number of hydrogen-bond donors (Lipinski definition) is 1. The average Bonchev–Trinajstić information content (AvgIpc) is 2.37. The first-order chi connectivity index (χ1) is 8.95. The van der Waals surface area contributed by atoms with Crippen molar-refractivity contribution in [2.24, 2.45) is 17.6 Å². The third-order valence-electron chi connectivity index (χ3n) is 3.92. The molecule has 1 aliphatic rings. The van der Waals surface area contributed by atoms with Gasteiger partial charge in [-0.2, -0.15) is 0 Å². The lowest BCUT2D eigenvalue weighted by molar-refractivity contribution is -0.138. The molecule has 0 bridgehead atoms. The predicted octanol–water partition coefficient (Wildman–Crippen LogP) is -0.0769. The molecule has 1 heterocycles. The molecule has 1 unspecified atom stereocenters. The highest BCUT2D eigenvalue weighted by atomic mass is 16.2. The van der Waals surface area contributed by atoms with E-state index in [9.17, 15) is 4.79 Å². The quantitative estimate of drug-likeness (QED) is 0.734. The summed E-state index contributed by atoms with van der Waals surface area (Å²) in [6.07, 6.45) is 0. The summed E-state index contributed by atoms with van der Waals surface area (Å²) < 4.78 is 0. The molecule has 1 fully saturated rings. The Bertz CT molecular complexity index is 273. The van der Waals surface area contributed by atoms with Gasteiger partial charge < -0.3 is 15.5 Å². The second kappa shape index (κ2) is 7.82. The summed E-state index contributed by atoms with van der Waals surface area (Å²) in [5, 5.41) is 0. The van der Waals surface area contributed by atoms with Crippen molar-refractivity contribution in [1.29, 1.82) is 0 Å². The highest BCUT2D eigenvalue weighted by molar-refractivity contribution is 5.79. The Morgan fingerprint density at radius 1 is 1.21 bits per heavy atom. The fraction of sp³-hybridized carbons (Fsp3) is 0.929. The molecule has 112 valence electrons. The Hall–Kier alpha value is -0.650. The van der Waals surface area contributed by atoms with Crippen molar-refractivity contribution in [1.82, 2.24) is 14.7 Å². The van der Waals surface area contributed by atoms with E-state index in [0.29, 0.717) is 12.5 Å². The summed E-state index contributed by atoms with van der Waals surface area (Å²) in [5.74, 6) is 0.544. The number of hydrogen-bond acceptors (Lipinski definition) is 4. The average molecular weight is 270 g/mol. The molecule has 0 aromatic rings. The molecule has 1 saturated heterocycles. The number of piperazine rings is 1. The molecule has 5 nitrogen and oxygen atoms in total. The Morgan fingerprint density at radius 2 is 1.79 bits per heavy atom. The number of nitrogens with two attached hydrogens (primary N) is 1. The second-order valence-corrected chi connectivity index (χ2v) is 6.06. The van der Waals surface area contributed by atoms with E-state index in [1.165, 1.54) is 0 Å². The van der Waals surface area contributed by atoms with Gasteiger partial charge in [0, 0.05) is 45.8 Å². The molecule has 0 saturated carbocycles. The molecular formula is C14H30N4O. The van der Waals surface area contributed by atoms with Crippen LogP contribution in [0.1, 0.15) is 13.8 Å². The van der Waals surface area contributed by atoms with Crippen LogP contribution in [0.2, 0.25) is 0 Å². The van der Waals surface area contributed by atoms with Gasteiger partial charge in [-0.15, -0.1) is 0 Å². The molecule has 19 heavy (non-hydrogen) atoms. The van der Waals surface area contributed by atoms with Gasteiger partial charge in [-0.25, -0.2) is 0 Å². The van der Waals surface area contributed by atoms with Crippen LogP contribution in [0.15, 0.2) is 0 Å². The topological polar surface area (TPSA) is 52.8 Å². The van der Waals surface area contributed by atoms with E-state index >= 15 is 0 Å². The van der Waals surface area contributed by atoms with Crippen molar-refractivity contribution >= 4 is 5.91 Å². The smallest absolute Gasteiger partial charge is 0.227 e. The second-order valence-electron chi connectivity index (χ2n) is 6.06. The van der Waals surface area contributed by atoms with Gasteiger partial charge in [0.25, 0.3) is 0 Å². The van der Waals surface area contributed by atoms with Gasteiger partial charge >= 0.3 is 0 Å². The molecule has 1 aliphatic heterocycles. The lowest BCUT2D eigenvalue weighted by atomic mass is 9.94. The van der Waals surface area contributed by atoms with Crippen LogP contribution >= 0.6 is 0 Å². The number of carbonyl (C=O) groups excluding carboxylic acids is 1. The van der Waals surface area contributed by atoms with Crippen LogP contribution < -0.4 is 5.73 Å². The molecule has 1 atom stereocenters. The summed E-state index contributed by atoms with van der Waals surface area (Å²) in [5.41, 5.74) is 5.73. The van der Waals surface area contributed by atoms with Gasteiger partial charge in [0.05, 0.1) is 5.92 Å². The van der Waals surface area contributed by atoms with Crippen molar-refractivity contribution in [3.05, 3.63) is 0 Å². The molecule has 2 N–H and O–H groups in total. The number of likely N-dealkylation sites (N-methyl/N-ethyl adjacent to an activating group) is 1. The van der Waals surface area contributed by atoms with E-state index in [-0.39, 0.29) is 11.8 Å². The minimum atomic E-state index is -0.0201. The molecule has 0 aliphatic carbocycles. The van der Waals surface area contributed by atoms with Crippen molar-refractivity contribution < 1.29 is 4.79 Å². The Balaban J connectivity index is 2.38. The fourth-order valence-corrected chi connectivity index (χ4v) is 2.43. The molecule has 5 heteroatoms. The summed E-state index contributed by atoms with van der Waals surface area (Å²) in [6.45, 7) is 10.4. The molecule has 0 aromatic carbocycles. The largest absolute Gasteiger partial charge is 0.340 e. The van der Waals surface area contributed by atoms with E-state index in [1.807, 2.05) is 4.90 Å². The summed E-state index contributed by atoms with van der Waals surface area (Å²) in [4.78, 5) is 19.0. The standard InChI is InChI=1S/C14H30N4O/c1-12(2)13(11-15)14(19)18-9-7-17(8-10-18)6-5-16(3)4/h12-13H,5-11,15H2,1-4H3. The van der Waals surface area contributed by atoms with E-state index in [1.54, 1.807) is 0 Å². The van der Waals surface area contributed by atoms with Gasteiger partial charge in [-0.1, -0.05) is 13.8 Å². The Labute approximate surface area is 117 Å². The first-order valence-corrected chi connectivity index (χ1v) is 7.31. The zero-order valence-corrected chi connectivity index (χ0v) is 12.9. The maximum absolute atomic E-state index is 12.4. The van der Waals surface area contributed by atoms with E-state index in [4.69, 9.17) is 5.73 Å². The first kappa shape index (κ1) is 16.4. The molecule has 0 aromatic heterocycles. The lowest BCUT2D eigenvalue weighted by Crippen LogP contribution is -2.52. The summed E-state index contributed by atoms with van der Waals surface area (Å²) in [6, 6.07) is 0. The van der Waals surface area contributed by atoms with Gasteiger partial charge in [-0.3, -0.25) is 9.69 Å². The van der Waals surface area contributed by atoms with E-state index < -0.39 is 0 Å². The van der Waals surface area contributed by atoms with Gasteiger partial charge in [-0.05, 0) is 20.0 Å². The Morgan fingerprint density at radius 3 is 2.21 bits per heavy atom. The SMILES string of the molecule is CC(C)C(CN)C(=O)N1CCN(CCN(C)C)CC1. The van der Waals surface area contributed by atoms with Crippen LogP contribution in [0.5, 0.6) is 0 Å². The van der Waals surface area contributed by atoms with Crippen molar-refractivity contribution in [3.63, 3.8) is 0 Å².